The number of nitrogens with two attached hydrogens (primary N) is 1. The normalized spacial score (nSPS) is 13.5. The van der Waals surface area contributed by atoms with Gasteiger partial charge in [-0.2, -0.15) is 4.98 Å². The van der Waals surface area contributed by atoms with E-state index < -0.39 is 10.0 Å². The van der Waals surface area contributed by atoms with Crippen LogP contribution in [0.15, 0.2) is 53.6 Å². The van der Waals surface area contributed by atoms with Gasteiger partial charge in [0.1, 0.15) is 5.69 Å². The van der Waals surface area contributed by atoms with Crippen LogP contribution >= 0.6 is 0 Å². The van der Waals surface area contributed by atoms with Crippen molar-refractivity contribution in [2.75, 3.05) is 29.2 Å². The van der Waals surface area contributed by atoms with E-state index in [1.165, 1.54) is 17.0 Å². The number of sulfonamides is 1. The summed E-state index contributed by atoms with van der Waals surface area (Å²) in [6, 6.07) is 11.7. The van der Waals surface area contributed by atoms with Gasteiger partial charge in [0.05, 0.1) is 22.3 Å². The van der Waals surface area contributed by atoms with Crippen LogP contribution < -0.4 is 20.3 Å². The summed E-state index contributed by atoms with van der Waals surface area (Å²) >= 11 is 0. The highest BCUT2D eigenvalue weighted by Gasteiger charge is 2.29. The zero-order valence-electron chi connectivity index (χ0n) is 16.6. The molecular weight excluding hydrogens is 404 g/mol. The lowest BCUT2D eigenvalue weighted by atomic mass is 10.1. The van der Waals surface area contributed by atoms with Gasteiger partial charge < -0.3 is 15.1 Å². The smallest absolute Gasteiger partial charge is 0.260 e. The van der Waals surface area contributed by atoms with Gasteiger partial charge in [-0.3, -0.25) is 4.79 Å². The van der Waals surface area contributed by atoms with Gasteiger partial charge >= 0.3 is 0 Å². The van der Waals surface area contributed by atoms with Crippen molar-refractivity contribution < 1.29 is 13.2 Å². The molecule has 0 fully saturated rings. The Morgan fingerprint density at radius 2 is 1.80 bits per heavy atom. The fourth-order valence-corrected chi connectivity index (χ4v) is 3.87. The third-order valence-corrected chi connectivity index (χ3v) is 5.81. The second-order valence-corrected chi connectivity index (χ2v) is 8.61. The van der Waals surface area contributed by atoms with Crippen molar-refractivity contribution in [2.24, 2.45) is 5.14 Å². The molecule has 0 atom stereocenters. The number of carbonyl (C=O) groups excluding carboxylic acids is 1. The van der Waals surface area contributed by atoms with Gasteiger partial charge in [-0.05, 0) is 37.3 Å². The lowest BCUT2D eigenvalue weighted by molar-refractivity contribution is 0.0994. The van der Waals surface area contributed by atoms with Crippen LogP contribution in [0.25, 0.3) is 0 Å². The lowest BCUT2D eigenvalue weighted by Gasteiger charge is -2.21. The van der Waals surface area contributed by atoms with Gasteiger partial charge in [-0.25, -0.2) is 18.5 Å². The van der Waals surface area contributed by atoms with Crippen LogP contribution in [0, 0.1) is 6.92 Å². The molecule has 0 bridgehead atoms. The number of carbonyl (C=O) groups is 1. The van der Waals surface area contributed by atoms with E-state index >= 15 is 0 Å². The van der Waals surface area contributed by atoms with Gasteiger partial charge in [-0.1, -0.05) is 17.7 Å². The number of nitrogens with zero attached hydrogens (tertiary/aromatic N) is 4. The maximum atomic E-state index is 13.0. The Kier molecular flexibility index (Phi) is 4.67. The predicted molar refractivity (Wildman–Crippen MR) is 115 cm³/mol. The van der Waals surface area contributed by atoms with Gasteiger partial charge in [0.25, 0.3) is 5.91 Å². The fourth-order valence-electron chi connectivity index (χ4n) is 3.31. The van der Waals surface area contributed by atoms with E-state index in [0.29, 0.717) is 22.8 Å². The third kappa shape index (κ3) is 3.46. The summed E-state index contributed by atoms with van der Waals surface area (Å²) < 4.78 is 23.2. The molecule has 0 saturated carbocycles. The molecule has 154 valence electrons. The number of anilines is 5. The Balaban J connectivity index is 1.76. The number of aryl methyl sites for hydroxylation is 1. The lowest BCUT2D eigenvalue weighted by Crippen LogP contribution is -2.25. The molecule has 3 N–H and O–H groups in total. The maximum Gasteiger partial charge on any atom is 0.260 e. The van der Waals surface area contributed by atoms with Crippen LogP contribution in [0.2, 0.25) is 0 Å². The Labute approximate surface area is 174 Å². The highest BCUT2D eigenvalue weighted by molar-refractivity contribution is 7.89. The minimum absolute atomic E-state index is 0.0194. The summed E-state index contributed by atoms with van der Waals surface area (Å²) in [5.74, 6) is 0.640. The summed E-state index contributed by atoms with van der Waals surface area (Å²) in [5.41, 5.74) is 3.32. The summed E-state index contributed by atoms with van der Waals surface area (Å²) in [5, 5.41) is 8.19. The first kappa shape index (κ1) is 19.8. The quantitative estimate of drug-likeness (QED) is 0.662. The van der Waals surface area contributed by atoms with E-state index in [4.69, 9.17) is 5.14 Å². The average Bonchev–Trinajstić information content (AvgIpc) is 2.78. The number of nitrogens with one attached hydrogen (secondary N) is 1. The molecule has 2 aromatic carbocycles. The average molecular weight is 424 g/mol. The van der Waals surface area contributed by atoms with E-state index in [0.717, 1.165) is 11.3 Å². The minimum atomic E-state index is -3.83. The van der Waals surface area contributed by atoms with E-state index in [2.05, 4.69) is 15.3 Å². The van der Waals surface area contributed by atoms with Crippen LogP contribution in [0.5, 0.6) is 0 Å². The molecule has 10 heteroatoms. The molecule has 0 spiro atoms. The first-order valence-electron chi connectivity index (χ1n) is 9.04. The number of benzene rings is 2. The standard InChI is InChI=1S/C20H20N6O3S/c1-12-7-8-16-15(9-12)19(27)26(3)17-11-22-20(24-18(17)25(16)2)23-13-5-4-6-14(10-13)30(21,28)29/h4-11H,1-3H3,(H2,21,28,29)(H,22,23,24). The fraction of sp³-hybridized carbons (Fsp3) is 0.150. The molecule has 9 nitrogen and oxygen atoms in total. The van der Waals surface area contributed by atoms with Gasteiger partial charge in [0.2, 0.25) is 16.0 Å². The van der Waals surface area contributed by atoms with Crippen LogP contribution in [0.3, 0.4) is 0 Å². The molecule has 0 saturated heterocycles. The Morgan fingerprint density at radius 1 is 1.03 bits per heavy atom. The van der Waals surface area contributed by atoms with Crippen molar-refractivity contribution in [3.63, 3.8) is 0 Å². The number of primary sulfonamides is 1. The summed E-state index contributed by atoms with van der Waals surface area (Å²) in [4.78, 5) is 25.2. The molecule has 1 aliphatic rings. The second kappa shape index (κ2) is 7.08. The van der Waals surface area contributed by atoms with Crippen molar-refractivity contribution in [2.45, 2.75) is 11.8 Å². The Morgan fingerprint density at radius 3 is 2.53 bits per heavy atom. The zero-order valence-corrected chi connectivity index (χ0v) is 17.4. The second-order valence-electron chi connectivity index (χ2n) is 7.04. The van der Waals surface area contributed by atoms with Crippen LogP contribution in [0.1, 0.15) is 15.9 Å². The minimum Gasteiger partial charge on any atom is -0.327 e. The predicted octanol–water partition coefficient (Wildman–Crippen LogP) is 2.53. The van der Waals surface area contributed by atoms with Crippen LogP contribution in [-0.4, -0.2) is 38.4 Å². The number of aromatic nitrogens is 2. The monoisotopic (exact) mass is 424 g/mol. The number of amides is 1. The summed E-state index contributed by atoms with van der Waals surface area (Å²) in [6.45, 7) is 1.93. The summed E-state index contributed by atoms with van der Waals surface area (Å²) in [7, 11) is -0.319. The van der Waals surface area contributed by atoms with E-state index in [9.17, 15) is 13.2 Å². The first-order chi connectivity index (χ1) is 14.1. The molecule has 0 unspecified atom stereocenters. The Hall–Kier alpha value is -3.50. The molecule has 4 rings (SSSR count). The molecule has 1 aromatic heterocycles. The topological polar surface area (TPSA) is 122 Å². The van der Waals surface area contributed by atoms with Gasteiger partial charge in [0, 0.05) is 19.8 Å². The third-order valence-electron chi connectivity index (χ3n) is 4.90. The molecular formula is C20H20N6O3S. The van der Waals surface area contributed by atoms with E-state index in [1.54, 1.807) is 25.4 Å². The summed E-state index contributed by atoms with van der Waals surface area (Å²) in [6.07, 6.45) is 1.56. The maximum absolute atomic E-state index is 13.0. The number of rotatable bonds is 3. The van der Waals surface area contributed by atoms with Crippen LogP contribution in [0.4, 0.5) is 28.8 Å². The molecule has 0 radical (unpaired) electrons. The van der Waals surface area contributed by atoms with Crippen molar-refractivity contribution in [3.05, 3.63) is 59.8 Å². The molecule has 30 heavy (non-hydrogen) atoms. The molecule has 1 aliphatic heterocycles. The largest absolute Gasteiger partial charge is 0.327 e. The highest BCUT2D eigenvalue weighted by atomic mass is 32.2. The van der Waals surface area contributed by atoms with Gasteiger partial charge in [-0.15, -0.1) is 0 Å². The van der Waals surface area contributed by atoms with Crippen molar-refractivity contribution in [1.82, 2.24) is 9.97 Å². The van der Waals surface area contributed by atoms with E-state index in [1.807, 2.05) is 37.1 Å². The zero-order chi connectivity index (χ0) is 21.6. The molecule has 2 heterocycles. The molecule has 1 amide bonds. The Bertz CT molecular complexity index is 1280. The highest BCUT2D eigenvalue weighted by Crippen LogP contribution is 2.38. The van der Waals surface area contributed by atoms with Crippen molar-refractivity contribution in [1.29, 1.82) is 0 Å². The van der Waals surface area contributed by atoms with Gasteiger partial charge in [0.15, 0.2) is 5.82 Å². The first-order valence-corrected chi connectivity index (χ1v) is 10.6. The molecule has 3 aromatic rings. The number of hydrogen-bond acceptors (Lipinski definition) is 7. The number of hydrogen-bond donors (Lipinski definition) is 2. The van der Waals surface area contributed by atoms with Crippen LogP contribution in [-0.2, 0) is 10.0 Å². The van der Waals surface area contributed by atoms with Crippen molar-refractivity contribution >= 4 is 44.8 Å². The van der Waals surface area contributed by atoms with E-state index in [-0.39, 0.29) is 16.8 Å². The molecule has 0 aliphatic carbocycles. The number of fused-ring (bicyclic) bond motifs is 2. The SMILES string of the molecule is Cc1ccc2c(c1)C(=O)N(C)c1cnc(Nc3cccc(S(N)(=O)=O)c3)nc1N2C. The van der Waals surface area contributed by atoms with Crippen molar-refractivity contribution in [3.8, 4) is 0 Å².